The predicted octanol–water partition coefficient (Wildman–Crippen LogP) is 2.60. The predicted molar refractivity (Wildman–Crippen MR) is 84.9 cm³/mol. The van der Waals surface area contributed by atoms with E-state index in [0.717, 1.165) is 19.5 Å². The van der Waals surface area contributed by atoms with Gasteiger partial charge in [0.1, 0.15) is 0 Å². The molecule has 2 atom stereocenters. The maximum atomic E-state index is 12.2. The van der Waals surface area contributed by atoms with Gasteiger partial charge in [-0.15, -0.1) is 0 Å². The van der Waals surface area contributed by atoms with Crippen LogP contribution in [0.25, 0.3) is 0 Å². The number of nitrogens with zero attached hydrogens (tertiary/aromatic N) is 1. The van der Waals surface area contributed by atoms with Gasteiger partial charge in [0, 0.05) is 25.0 Å². The van der Waals surface area contributed by atoms with Crippen molar-refractivity contribution < 1.29 is 4.79 Å². The molecular formula is C18H26N2O. The zero-order valence-corrected chi connectivity index (χ0v) is 13.1. The third kappa shape index (κ3) is 3.13. The number of carbonyl (C=O) groups is 1. The molecular weight excluding hydrogens is 260 g/mol. The van der Waals surface area contributed by atoms with Crippen LogP contribution in [0.3, 0.4) is 0 Å². The maximum absolute atomic E-state index is 12.2. The quantitative estimate of drug-likeness (QED) is 0.922. The second-order valence-electron chi connectivity index (χ2n) is 6.77. The van der Waals surface area contributed by atoms with Gasteiger partial charge in [0.25, 0.3) is 0 Å². The monoisotopic (exact) mass is 286 g/mol. The van der Waals surface area contributed by atoms with Crippen molar-refractivity contribution in [1.82, 2.24) is 10.2 Å². The maximum Gasteiger partial charge on any atom is 0.223 e. The van der Waals surface area contributed by atoms with Crippen LogP contribution in [0, 0.1) is 11.8 Å². The Morgan fingerprint density at radius 3 is 2.71 bits per heavy atom. The Hall–Kier alpha value is -1.35. The van der Waals surface area contributed by atoms with E-state index in [2.05, 4.69) is 48.5 Å². The molecule has 3 heteroatoms. The molecule has 2 aliphatic rings. The summed E-state index contributed by atoms with van der Waals surface area (Å²) < 4.78 is 0. The second-order valence-corrected chi connectivity index (χ2v) is 6.77. The third-order valence-electron chi connectivity index (χ3n) is 5.40. The molecule has 1 N–H and O–H groups in total. The highest BCUT2D eigenvalue weighted by Gasteiger charge is 2.30. The summed E-state index contributed by atoms with van der Waals surface area (Å²) in [7, 11) is 2.15. The van der Waals surface area contributed by atoms with Crippen LogP contribution in [0.4, 0.5) is 0 Å². The largest absolute Gasteiger partial charge is 0.354 e. The number of rotatable bonds is 4. The lowest BCUT2D eigenvalue weighted by Gasteiger charge is -2.35. The first-order valence-electron chi connectivity index (χ1n) is 8.20. The van der Waals surface area contributed by atoms with Gasteiger partial charge in [0.2, 0.25) is 5.91 Å². The van der Waals surface area contributed by atoms with Crippen molar-refractivity contribution in [2.45, 2.75) is 45.2 Å². The summed E-state index contributed by atoms with van der Waals surface area (Å²) in [6, 6.07) is 9.05. The number of amides is 1. The average Bonchev–Trinajstić information content (AvgIpc) is 2.42. The zero-order chi connectivity index (χ0) is 14.8. The normalized spacial score (nSPS) is 24.0. The molecule has 1 aliphatic carbocycles. The fourth-order valence-corrected chi connectivity index (χ4v) is 3.48. The van der Waals surface area contributed by atoms with Gasteiger partial charge < -0.3 is 5.32 Å². The molecule has 1 aromatic carbocycles. The van der Waals surface area contributed by atoms with Crippen LogP contribution in [0.1, 0.15) is 37.3 Å². The average molecular weight is 286 g/mol. The number of carbonyl (C=O) groups excluding carboxylic acids is 1. The zero-order valence-electron chi connectivity index (χ0n) is 13.1. The molecule has 0 saturated heterocycles. The molecule has 0 spiro atoms. The minimum absolute atomic E-state index is 0.180. The molecule has 1 saturated carbocycles. The van der Waals surface area contributed by atoms with E-state index >= 15 is 0 Å². The van der Waals surface area contributed by atoms with Crippen molar-refractivity contribution in [2.24, 2.45) is 11.8 Å². The van der Waals surface area contributed by atoms with E-state index in [4.69, 9.17) is 0 Å². The Morgan fingerprint density at radius 1 is 1.33 bits per heavy atom. The molecule has 114 valence electrons. The van der Waals surface area contributed by atoms with Gasteiger partial charge in [-0.2, -0.15) is 0 Å². The van der Waals surface area contributed by atoms with Crippen molar-refractivity contribution >= 4 is 5.91 Å². The van der Waals surface area contributed by atoms with E-state index in [1.54, 1.807) is 0 Å². The van der Waals surface area contributed by atoms with E-state index in [0.29, 0.717) is 12.0 Å². The van der Waals surface area contributed by atoms with Gasteiger partial charge in [-0.05, 0) is 43.4 Å². The molecule has 21 heavy (non-hydrogen) atoms. The Bertz CT molecular complexity index is 510. The van der Waals surface area contributed by atoms with E-state index in [1.807, 2.05) is 0 Å². The van der Waals surface area contributed by atoms with Crippen LogP contribution in [-0.4, -0.2) is 30.4 Å². The SMILES string of the molecule is CC(C(=O)NC[C@H]1Cc2ccccc2CN1C)C1CCC1. The summed E-state index contributed by atoms with van der Waals surface area (Å²) in [4.78, 5) is 14.6. The van der Waals surface area contributed by atoms with Crippen LogP contribution in [-0.2, 0) is 17.8 Å². The number of benzene rings is 1. The van der Waals surface area contributed by atoms with E-state index in [-0.39, 0.29) is 11.8 Å². The number of nitrogens with one attached hydrogen (secondary N) is 1. The minimum Gasteiger partial charge on any atom is -0.354 e. The van der Waals surface area contributed by atoms with E-state index in [9.17, 15) is 4.79 Å². The first-order chi connectivity index (χ1) is 10.1. The van der Waals surface area contributed by atoms with Crippen molar-refractivity contribution in [1.29, 1.82) is 0 Å². The lowest BCUT2D eigenvalue weighted by Crippen LogP contribution is -2.47. The van der Waals surface area contributed by atoms with Gasteiger partial charge in [-0.25, -0.2) is 0 Å². The minimum atomic E-state index is 0.180. The van der Waals surface area contributed by atoms with Crippen LogP contribution in [0.2, 0.25) is 0 Å². The number of hydrogen-bond donors (Lipinski definition) is 1. The third-order valence-corrected chi connectivity index (χ3v) is 5.40. The molecule has 0 aromatic heterocycles. The number of fused-ring (bicyclic) bond motifs is 1. The van der Waals surface area contributed by atoms with Crippen molar-refractivity contribution in [2.75, 3.05) is 13.6 Å². The molecule has 0 radical (unpaired) electrons. The van der Waals surface area contributed by atoms with Crippen molar-refractivity contribution in [3.8, 4) is 0 Å². The van der Waals surface area contributed by atoms with Gasteiger partial charge in [-0.3, -0.25) is 9.69 Å². The van der Waals surface area contributed by atoms with Crippen LogP contribution in [0.5, 0.6) is 0 Å². The number of likely N-dealkylation sites (N-methyl/N-ethyl adjacent to an activating group) is 1. The molecule has 1 unspecified atom stereocenters. The van der Waals surface area contributed by atoms with Gasteiger partial charge in [-0.1, -0.05) is 37.6 Å². The fraction of sp³-hybridized carbons (Fsp3) is 0.611. The summed E-state index contributed by atoms with van der Waals surface area (Å²) in [5, 5.41) is 3.18. The van der Waals surface area contributed by atoms with E-state index < -0.39 is 0 Å². The molecule has 1 aromatic rings. The van der Waals surface area contributed by atoms with Crippen LogP contribution in [0.15, 0.2) is 24.3 Å². The molecule has 1 fully saturated rings. The van der Waals surface area contributed by atoms with E-state index in [1.165, 1.54) is 30.4 Å². The topological polar surface area (TPSA) is 32.3 Å². The van der Waals surface area contributed by atoms with Crippen molar-refractivity contribution in [3.05, 3.63) is 35.4 Å². The first-order valence-corrected chi connectivity index (χ1v) is 8.20. The summed E-state index contributed by atoms with van der Waals surface area (Å²) in [6.07, 6.45) is 4.78. The summed E-state index contributed by atoms with van der Waals surface area (Å²) >= 11 is 0. The summed E-state index contributed by atoms with van der Waals surface area (Å²) in [6.45, 7) is 3.83. The molecule has 1 heterocycles. The highest BCUT2D eigenvalue weighted by molar-refractivity contribution is 5.78. The standard InChI is InChI=1S/C18H26N2O/c1-13(14-8-5-9-14)18(21)19-11-17-10-15-6-3-4-7-16(15)12-20(17)2/h3-4,6-7,13-14,17H,5,8-12H2,1-2H3,(H,19,21)/t13?,17-/m1/s1. The van der Waals surface area contributed by atoms with Gasteiger partial charge in [0.05, 0.1) is 0 Å². The lowest BCUT2D eigenvalue weighted by atomic mass is 9.76. The Morgan fingerprint density at radius 2 is 2.05 bits per heavy atom. The molecule has 1 aliphatic heterocycles. The second kappa shape index (κ2) is 6.18. The summed E-state index contributed by atoms with van der Waals surface area (Å²) in [5.41, 5.74) is 2.85. The Kier molecular flexibility index (Phi) is 4.29. The Labute approximate surface area is 127 Å². The van der Waals surface area contributed by atoms with Crippen LogP contribution >= 0.6 is 0 Å². The smallest absolute Gasteiger partial charge is 0.223 e. The van der Waals surface area contributed by atoms with Gasteiger partial charge >= 0.3 is 0 Å². The molecule has 3 nitrogen and oxygen atoms in total. The lowest BCUT2D eigenvalue weighted by molar-refractivity contribution is -0.127. The molecule has 3 rings (SSSR count). The molecule has 1 amide bonds. The first kappa shape index (κ1) is 14.6. The van der Waals surface area contributed by atoms with Gasteiger partial charge in [0.15, 0.2) is 0 Å². The highest BCUT2D eigenvalue weighted by Crippen LogP contribution is 2.33. The van der Waals surface area contributed by atoms with Crippen molar-refractivity contribution in [3.63, 3.8) is 0 Å². The Balaban J connectivity index is 1.54. The highest BCUT2D eigenvalue weighted by atomic mass is 16.1. The fourth-order valence-electron chi connectivity index (χ4n) is 3.48. The number of hydrogen-bond acceptors (Lipinski definition) is 2. The molecule has 0 bridgehead atoms. The van der Waals surface area contributed by atoms with Crippen LogP contribution < -0.4 is 5.32 Å². The summed E-state index contributed by atoms with van der Waals surface area (Å²) in [5.74, 6) is 1.04.